The van der Waals surface area contributed by atoms with E-state index in [0.29, 0.717) is 6.54 Å². The molecule has 0 radical (unpaired) electrons. The molecule has 0 spiro atoms. The fourth-order valence-electron chi connectivity index (χ4n) is 3.63. The van der Waals surface area contributed by atoms with Crippen LogP contribution in [0.2, 0.25) is 0 Å². The Morgan fingerprint density at radius 3 is 2.58 bits per heavy atom. The number of benzene rings is 3. The fourth-order valence-corrected chi connectivity index (χ4v) is 3.63. The van der Waals surface area contributed by atoms with Crippen molar-refractivity contribution < 1.29 is 4.92 Å². The van der Waals surface area contributed by atoms with Gasteiger partial charge in [0, 0.05) is 36.8 Å². The predicted octanol–water partition coefficient (Wildman–Crippen LogP) is 4.96. The second kappa shape index (κ2) is 7.04. The summed E-state index contributed by atoms with van der Waals surface area (Å²) in [6.45, 7) is 2.35. The molecule has 1 saturated heterocycles. The van der Waals surface area contributed by atoms with Crippen molar-refractivity contribution in [1.29, 1.82) is 0 Å². The van der Waals surface area contributed by atoms with E-state index in [1.54, 1.807) is 6.07 Å². The zero-order valence-corrected chi connectivity index (χ0v) is 14.5. The van der Waals surface area contributed by atoms with Crippen molar-refractivity contribution in [2.75, 3.05) is 23.3 Å². The number of hydrogen-bond donors (Lipinski definition) is 1. The molecule has 5 heteroatoms. The lowest BCUT2D eigenvalue weighted by molar-refractivity contribution is -0.384. The highest BCUT2D eigenvalue weighted by Gasteiger charge is 2.22. The fraction of sp³-hybridized carbons (Fsp3) is 0.238. The number of nitro groups is 1. The van der Waals surface area contributed by atoms with E-state index in [-0.39, 0.29) is 10.6 Å². The Labute approximate surface area is 152 Å². The van der Waals surface area contributed by atoms with E-state index in [2.05, 4.69) is 28.4 Å². The van der Waals surface area contributed by atoms with Crippen molar-refractivity contribution in [3.05, 3.63) is 76.3 Å². The molecule has 1 aliphatic rings. The summed E-state index contributed by atoms with van der Waals surface area (Å²) in [6.07, 6.45) is 2.20. The van der Waals surface area contributed by atoms with Crippen molar-refractivity contribution in [2.45, 2.75) is 19.4 Å². The van der Waals surface area contributed by atoms with Gasteiger partial charge in [-0.3, -0.25) is 10.1 Å². The van der Waals surface area contributed by atoms with Gasteiger partial charge in [0.1, 0.15) is 5.69 Å². The maximum Gasteiger partial charge on any atom is 0.292 e. The van der Waals surface area contributed by atoms with Crippen LogP contribution >= 0.6 is 0 Å². The SMILES string of the molecule is O=[N+]([O-])c1cc(CNc2cccc3ccccc23)ccc1N1CCCC1. The monoisotopic (exact) mass is 347 g/mol. The Balaban J connectivity index is 1.58. The summed E-state index contributed by atoms with van der Waals surface area (Å²) in [5.74, 6) is 0. The lowest BCUT2D eigenvalue weighted by Crippen LogP contribution is -2.19. The van der Waals surface area contributed by atoms with Crippen LogP contribution in [-0.2, 0) is 6.54 Å². The molecule has 26 heavy (non-hydrogen) atoms. The van der Waals surface area contributed by atoms with Gasteiger partial charge in [-0.1, -0.05) is 42.5 Å². The highest BCUT2D eigenvalue weighted by molar-refractivity contribution is 5.93. The molecular formula is C21H21N3O2. The van der Waals surface area contributed by atoms with Crippen LogP contribution in [0, 0.1) is 10.1 Å². The normalized spacial score (nSPS) is 13.9. The maximum absolute atomic E-state index is 11.5. The van der Waals surface area contributed by atoms with Crippen molar-refractivity contribution >= 4 is 27.8 Å². The van der Waals surface area contributed by atoms with Gasteiger partial charge < -0.3 is 10.2 Å². The average molecular weight is 347 g/mol. The Hall–Kier alpha value is -3.08. The Morgan fingerprint density at radius 2 is 1.77 bits per heavy atom. The Morgan fingerprint density at radius 1 is 1.00 bits per heavy atom. The number of rotatable bonds is 5. The number of nitrogens with zero attached hydrogens (tertiary/aromatic N) is 2. The smallest absolute Gasteiger partial charge is 0.292 e. The van der Waals surface area contributed by atoms with Crippen molar-refractivity contribution in [1.82, 2.24) is 0 Å². The van der Waals surface area contributed by atoms with E-state index >= 15 is 0 Å². The molecule has 4 rings (SSSR count). The van der Waals surface area contributed by atoms with Gasteiger partial charge in [0.15, 0.2) is 0 Å². The van der Waals surface area contributed by atoms with Crippen LogP contribution in [0.4, 0.5) is 17.1 Å². The Bertz CT molecular complexity index is 944. The average Bonchev–Trinajstić information content (AvgIpc) is 3.20. The van der Waals surface area contributed by atoms with Crippen molar-refractivity contribution in [3.63, 3.8) is 0 Å². The predicted molar refractivity (Wildman–Crippen MR) is 106 cm³/mol. The summed E-state index contributed by atoms with van der Waals surface area (Å²) in [5, 5.41) is 17.3. The molecule has 1 fully saturated rings. The first-order chi connectivity index (χ1) is 12.7. The molecule has 0 saturated carbocycles. The van der Waals surface area contributed by atoms with Crippen LogP contribution in [0.15, 0.2) is 60.7 Å². The molecular weight excluding hydrogens is 326 g/mol. The van der Waals surface area contributed by atoms with Gasteiger partial charge in [-0.2, -0.15) is 0 Å². The minimum atomic E-state index is -0.269. The van der Waals surface area contributed by atoms with Crippen LogP contribution < -0.4 is 10.2 Å². The summed E-state index contributed by atoms with van der Waals surface area (Å²) in [6, 6.07) is 19.9. The molecule has 0 unspecified atom stereocenters. The summed E-state index contributed by atoms with van der Waals surface area (Å²) < 4.78 is 0. The lowest BCUT2D eigenvalue weighted by Gasteiger charge is -2.18. The first kappa shape index (κ1) is 16.4. The van der Waals surface area contributed by atoms with E-state index in [4.69, 9.17) is 0 Å². The molecule has 0 aliphatic carbocycles. The molecule has 0 bridgehead atoms. The third-order valence-corrected chi connectivity index (χ3v) is 4.96. The van der Waals surface area contributed by atoms with Gasteiger partial charge in [-0.15, -0.1) is 0 Å². The minimum Gasteiger partial charge on any atom is -0.380 e. The third kappa shape index (κ3) is 3.20. The van der Waals surface area contributed by atoms with Gasteiger partial charge in [0.25, 0.3) is 5.69 Å². The number of nitrogens with one attached hydrogen (secondary N) is 1. The first-order valence-electron chi connectivity index (χ1n) is 8.96. The van der Waals surface area contributed by atoms with Crippen LogP contribution in [-0.4, -0.2) is 18.0 Å². The standard InChI is InChI=1S/C21H21N3O2/c25-24(26)21-14-16(10-11-20(21)23-12-3-4-13-23)15-22-19-9-5-7-17-6-1-2-8-18(17)19/h1-2,5-11,14,22H,3-4,12-13,15H2. The summed E-state index contributed by atoms with van der Waals surface area (Å²) in [7, 11) is 0. The van der Waals surface area contributed by atoms with Crippen molar-refractivity contribution in [3.8, 4) is 0 Å². The summed E-state index contributed by atoms with van der Waals surface area (Å²) >= 11 is 0. The van der Waals surface area contributed by atoms with Gasteiger partial charge in [-0.05, 0) is 35.9 Å². The summed E-state index contributed by atoms with van der Waals surface area (Å²) in [4.78, 5) is 13.4. The molecule has 0 atom stereocenters. The molecule has 132 valence electrons. The maximum atomic E-state index is 11.5. The zero-order chi connectivity index (χ0) is 17.9. The third-order valence-electron chi connectivity index (χ3n) is 4.96. The molecule has 5 nitrogen and oxygen atoms in total. The van der Waals surface area contributed by atoms with Crippen LogP contribution in [0.1, 0.15) is 18.4 Å². The summed E-state index contributed by atoms with van der Waals surface area (Å²) in [5.41, 5.74) is 2.88. The molecule has 1 aliphatic heterocycles. The first-order valence-corrected chi connectivity index (χ1v) is 8.96. The second-order valence-corrected chi connectivity index (χ2v) is 6.65. The van der Waals surface area contributed by atoms with E-state index in [0.717, 1.165) is 48.3 Å². The van der Waals surface area contributed by atoms with Crippen LogP contribution in [0.5, 0.6) is 0 Å². The molecule has 3 aromatic carbocycles. The van der Waals surface area contributed by atoms with Gasteiger partial charge in [-0.25, -0.2) is 0 Å². The molecule has 0 aromatic heterocycles. The van der Waals surface area contributed by atoms with Crippen LogP contribution in [0.3, 0.4) is 0 Å². The topological polar surface area (TPSA) is 58.4 Å². The van der Waals surface area contributed by atoms with E-state index in [1.807, 2.05) is 36.4 Å². The highest BCUT2D eigenvalue weighted by Crippen LogP contribution is 2.32. The minimum absolute atomic E-state index is 0.198. The molecule has 1 heterocycles. The van der Waals surface area contributed by atoms with E-state index in [9.17, 15) is 10.1 Å². The Kier molecular flexibility index (Phi) is 4.44. The second-order valence-electron chi connectivity index (χ2n) is 6.65. The largest absolute Gasteiger partial charge is 0.380 e. The van der Waals surface area contributed by atoms with Gasteiger partial charge in [0.2, 0.25) is 0 Å². The van der Waals surface area contributed by atoms with Crippen molar-refractivity contribution in [2.24, 2.45) is 0 Å². The van der Waals surface area contributed by atoms with Gasteiger partial charge in [0.05, 0.1) is 4.92 Å². The van der Waals surface area contributed by atoms with E-state index < -0.39 is 0 Å². The van der Waals surface area contributed by atoms with Crippen LogP contribution in [0.25, 0.3) is 10.8 Å². The zero-order valence-electron chi connectivity index (χ0n) is 14.5. The molecule has 1 N–H and O–H groups in total. The molecule has 0 amide bonds. The number of hydrogen-bond acceptors (Lipinski definition) is 4. The highest BCUT2D eigenvalue weighted by atomic mass is 16.6. The lowest BCUT2D eigenvalue weighted by atomic mass is 10.1. The number of anilines is 2. The van der Waals surface area contributed by atoms with Gasteiger partial charge >= 0.3 is 0 Å². The number of nitro benzene ring substituents is 1. The number of fused-ring (bicyclic) bond motifs is 1. The quantitative estimate of drug-likeness (QED) is 0.523. The van der Waals surface area contributed by atoms with E-state index in [1.165, 1.54) is 5.39 Å². The molecule has 3 aromatic rings.